The van der Waals surface area contributed by atoms with Gasteiger partial charge in [0, 0.05) is 12.7 Å². The first-order valence-corrected chi connectivity index (χ1v) is 4.98. The van der Waals surface area contributed by atoms with E-state index in [0.29, 0.717) is 11.3 Å². The molecule has 1 atom stereocenters. The van der Waals surface area contributed by atoms with Gasteiger partial charge >= 0.3 is 0 Å². The second kappa shape index (κ2) is 4.11. The minimum atomic E-state index is 0.293. The topological polar surface area (TPSA) is 38.2 Å². The van der Waals surface area contributed by atoms with Crippen LogP contribution in [0.15, 0.2) is 12.3 Å². The fourth-order valence-corrected chi connectivity index (χ4v) is 1.70. The highest BCUT2D eigenvalue weighted by Gasteiger charge is 2.20. The number of rotatable bonds is 1. The number of halogens is 1. The molecule has 1 aliphatic heterocycles. The Labute approximate surface area is 87.9 Å². The van der Waals surface area contributed by atoms with Gasteiger partial charge in [0.2, 0.25) is 5.28 Å². The van der Waals surface area contributed by atoms with Crippen molar-refractivity contribution in [2.75, 3.05) is 24.7 Å². The molecule has 1 aromatic rings. The standard InChI is InChI=1S/C9H12ClN3O/c1-7-6-14-5-4-13(7)8-2-3-11-9(10)12-8/h2-3,7H,4-6H2,1H3/t7-/m1/s1. The summed E-state index contributed by atoms with van der Waals surface area (Å²) in [6.07, 6.45) is 1.67. The minimum absolute atomic E-state index is 0.293. The van der Waals surface area contributed by atoms with E-state index in [2.05, 4.69) is 21.8 Å². The van der Waals surface area contributed by atoms with Crippen molar-refractivity contribution in [3.05, 3.63) is 17.5 Å². The Bertz CT molecular complexity index is 321. The Balaban J connectivity index is 2.20. The summed E-state index contributed by atoms with van der Waals surface area (Å²) in [5, 5.41) is 0.293. The monoisotopic (exact) mass is 213 g/mol. The summed E-state index contributed by atoms with van der Waals surface area (Å²) in [5.41, 5.74) is 0. The molecule has 0 spiro atoms. The van der Waals surface area contributed by atoms with E-state index in [1.54, 1.807) is 6.20 Å². The smallest absolute Gasteiger partial charge is 0.224 e. The highest BCUT2D eigenvalue weighted by molar-refractivity contribution is 6.28. The summed E-state index contributed by atoms with van der Waals surface area (Å²) >= 11 is 5.73. The Kier molecular flexibility index (Phi) is 2.84. The van der Waals surface area contributed by atoms with Gasteiger partial charge in [0.1, 0.15) is 5.82 Å². The van der Waals surface area contributed by atoms with E-state index >= 15 is 0 Å². The molecule has 0 unspecified atom stereocenters. The predicted molar refractivity (Wildman–Crippen MR) is 54.7 cm³/mol. The largest absolute Gasteiger partial charge is 0.377 e. The Hall–Kier alpha value is -0.870. The first-order valence-electron chi connectivity index (χ1n) is 4.60. The van der Waals surface area contributed by atoms with Crippen molar-refractivity contribution >= 4 is 17.4 Å². The fraction of sp³-hybridized carbons (Fsp3) is 0.556. The van der Waals surface area contributed by atoms with Crippen LogP contribution in [0.25, 0.3) is 0 Å². The van der Waals surface area contributed by atoms with E-state index in [1.165, 1.54) is 0 Å². The van der Waals surface area contributed by atoms with Gasteiger partial charge in [0.25, 0.3) is 0 Å². The minimum Gasteiger partial charge on any atom is -0.377 e. The van der Waals surface area contributed by atoms with Gasteiger partial charge in [0.05, 0.1) is 19.3 Å². The van der Waals surface area contributed by atoms with Crippen LogP contribution in [0.3, 0.4) is 0 Å². The molecule has 0 bridgehead atoms. The van der Waals surface area contributed by atoms with Crippen molar-refractivity contribution in [1.82, 2.24) is 9.97 Å². The maximum absolute atomic E-state index is 5.73. The molecule has 1 aromatic heterocycles. The van der Waals surface area contributed by atoms with Gasteiger partial charge in [0.15, 0.2) is 0 Å². The molecule has 0 radical (unpaired) electrons. The summed E-state index contributed by atoms with van der Waals surface area (Å²) in [5.74, 6) is 0.876. The summed E-state index contributed by atoms with van der Waals surface area (Å²) in [6, 6.07) is 2.21. The molecule has 2 heterocycles. The molecule has 1 fully saturated rings. The van der Waals surface area contributed by atoms with Crippen molar-refractivity contribution in [3.63, 3.8) is 0 Å². The second-order valence-electron chi connectivity index (χ2n) is 3.30. The molecule has 4 nitrogen and oxygen atoms in total. The van der Waals surface area contributed by atoms with Crippen molar-refractivity contribution < 1.29 is 4.74 Å². The molecule has 2 rings (SSSR count). The number of nitrogens with zero attached hydrogens (tertiary/aromatic N) is 3. The second-order valence-corrected chi connectivity index (χ2v) is 3.64. The Morgan fingerprint density at radius 1 is 1.64 bits per heavy atom. The molecule has 0 aliphatic carbocycles. The number of anilines is 1. The van der Waals surface area contributed by atoms with Crippen molar-refractivity contribution in [2.24, 2.45) is 0 Å². The van der Waals surface area contributed by atoms with Crippen LogP contribution in [0.1, 0.15) is 6.92 Å². The molecule has 0 amide bonds. The van der Waals surface area contributed by atoms with Gasteiger partial charge in [-0.15, -0.1) is 0 Å². The molecular weight excluding hydrogens is 202 g/mol. The number of hydrogen-bond acceptors (Lipinski definition) is 4. The van der Waals surface area contributed by atoms with E-state index in [1.807, 2.05) is 6.07 Å². The first-order chi connectivity index (χ1) is 6.77. The van der Waals surface area contributed by atoms with E-state index in [9.17, 15) is 0 Å². The van der Waals surface area contributed by atoms with E-state index in [-0.39, 0.29) is 0 Å². The quantitative estimate of drug-likeness (QED) is 0.661. The van der Waals surface area contributed by atoms with E-state index < -0.39 is 0 Å². The number of ether oxygens (including phenoxy) is 1. The van der Waals surface area contributed by atoms with Crippen LogP contribution in [0.5, 0.6) is 0 Å². The van der Waals surface area contributed by atoms with Gasteiger partial charge < -0.3 is 9.64 Å². The Morgan fingerprint density at radius 3 is 3.21 bits per heavy atom. The molecule has 0 aromatic carbocycles. The number of aromatic nitrogens is 2. The third kappa shape index (κ3) is 1.96. The zero-order valence-electron chi connectivity index (χ0n) is 7.98. The van der Waals surface area contributed by atoms with Gasteiger partial charge in [-0.25, -0.2) is 9.97 Å². The Morgan fingerprint density at radius 2 is 2.50 bits per heavy atom. The lowest BCUT2D eigenvalue weighted by Gasteiger charge is -2.34. The average Bonchev–Trinajstić information content (AvgIpc) is 2.18. The van der Waals surface area contributed by atoms with Crippen LogP contribution < -0.4 is 4.90 Å². The molecule has 1 saturated heterocycles. The maximum Gasteiger partial charge on any atom is 0.224 e. The summed E-state index contributed by atoms with van der Waals surface area (Å²) < 4.78 is 5.35. The van der Waals surface area contributed by atoms with Crippen LogP contribution in [0, 0.1) is 0 Å². The molecule has 1 aliphatic rings. The summed E-state index contributed by atoms with van der Waals surface area (Å²) in [7, 11) is 0. The van der Waals surface area contributed by atoms with E-state index in [4.69, 9.17) is 16.3 Å². The molecule has 0 N–H and O–H groups in total. The lowest BCUT2D eigenvalue weighted by Crippen LogP contribution is -2.44. The van der Waals surface area contributed by atoms with Crippen LogP contribution in [-0.4, -0.2) is 35.8 Å². The lowest BCUT2D eigenvalue weighted by atomic mass is 10.2. The maximum atomic E-state index is 5.73. The molecule has 76 valence electrons. The molecule has 0 saturated carbocycles. The van der Waals surface area contributed by atoms with E-state index in [0.717, 1.165) is 25.6 Å². The third-order valence-electron chi connectivity index (χ3n) is 2.27. The van der Waals surface area contributed by atoms with Crippen molar-refractivity contribution in [1.29, 1.82) is 0 Å². The number of morpholine rings is 1. The third-order valence-corrected chi connectivity index (χ3v) is 2.46. The fourth-order valence-electron chi connectivity index (χ4n) is 1.55. The van der Waals surface area contributed by atoms with Crippen LogP contribution in [0.2, 0.25) is 5.28 Å². The highest BCUT2D eigenvalue weighted by Crippen LogP contribution is 2.17. The summed E-state index contributed by atoms with van der Waals surface area (Å²) in [6.45, 7) is 4.44. The normalized spacial score (nSPS) is 22.4. The van der Waals surface area contributed by atoms with Gasteiger partial charge in [-0.2, -0.15) is 0 Å². The van der Waals surface area contributed by atoms with Crippen molar-refractivity contribution in [2.45, 2.75) is 13.0 Å². The van der Waals surface area contributed by atoms with Crippen LogP contribution in [-0.2, 0) is 4.74 Å². The van der Waals surface area contributed by atoms with Crippen LogP contribution in [0.4, 0.5) is 5.82 Å². The zero-order valence-corrected chi connectivity index (χ0v) is 8.74. The predicted octanol–water partition coefficient (Wildman–Crippen LogP) is 1.36. The van der Waals surface area contributed by atoms with Crippen molar-refractivity contribution in [3.8, 4) is 0 Å². The molecule has 5 heteroatoms. The lowest BCUT2D eigenvalue weighted by molar-refractivity contribution is 0.0985. The molecular formula is C9H12ClN3O. The molecule has 14 heavy (non-hydrogen) atoms. The highest BCUT2D eigenvalue weighted by atomic mass is 35.5. The first kappa shape index (κ1) is 9.68. The van der Waals surface area contributed by atoms with Gasteiger partial charge in [-0.3, -0.25) is 0 Å². The number of hydrogen-bond donors (Lipinski definition) is 0. The zero-order chi connectivity index (χ0) is 9.97. The van der Waals surface area contributed by atoms with Crippen LogP contribution >= 0.6 is 11.6 Å². The van der Waals surface area contributed by atoms with Gasteiger partial charge in [-0.1, -0.05) is 0 Å². The SMILES string of the molecule is C[C@@H]1COCCN1c1ccnc(Cl)n1. The van der Waals surface area contributed by atoms with Gasteiger partial charge in [-0.05, 0) is 24.6 Å². The average molecular weight is 214 g/mol. The summed E-state index contributed by atoms with van der Waals surface area (Å²) in [4.78, 5) is 10.2.